The van der Waals surface area contributed by atoms with Crippen molar-refractivity contribution >= 4 is 16.4 Å². The van der Waals surface area contributed by atoms with Crippen LogP contribution >= 0.6 is 0 Å². The Balaban J connectivity index is 4.20. The standard InChI is InChI=1S/C4H8O7S/c1-4(7,3(5)6)2-11-12(8,9)10/h7H,2H2,1H3,(H,5,6)(H,8,9,10). The van der Waals surface area contributed by atoms with Gasteiger partial charge < -0.3 is 10.2 Å². The topological polar surface area (TPSA) is 121 Å². The van der Waals surface area contributed by atoms with E-state index in [0.717, 1.165) is 6.92 Å². The Morgan fingerprint density at radius 3 is 2.25 bits per heavy atom. The molecule has 0 bridgehead atoms. The third-order valence-corrected chi connectivity index (χ3v) is 1.37. The molecule has 0 amide bonds. The molecule has 0 spiro atoms. The second-order valence-corrected chi connectivity index (χ2v) is 3.36. The molecule has 12 heavy (non-hydrogen) atoms. The summed E-state index contributed by atoms with van der Waals surface area (Å²) >= 11 is 0. The van der Waals surface area contributed by atoms with Crippen molar-refractivity contribution < 1.29 is 32.2 Å². The smallest absolute Gasteiger partial charge is 0.397 e. The van der Waals surface area contributed by atoms with Gasteiger partial charge in [0.1, 0.15) is 6.61 Å². The molecule has 3 N–H and O–H groups in total. The highest BCUT2D eigenvalue weighted by molar-refractivity contribution is 7.80. The minimum atomic E-state index is -4.71. The molecule has 0 aromatic carbocycles. The Hall–Kier alpha value is -0.700. The first-order valence-electron chi connectivity index (χ1n) is 2.73. The summed E-state index contributed by atoms with van der Waals surface area (Å²) in [6.07, 6.45) is 0. The van der Waals surface area contributed by atoms with Gasteiger partial charge in [-0.1, -0.05) is 0 Å². The molecule has 7 nitrogen and oxygen atoms in total. The molecular weight excluding hydrogens is 192 g/mol. The molecule has 0 aliphatic heterocycles. The minimum Gasteiger partial charge on any atom is -0.479 e. The Kier molecular flexibility index (Phi) is 3.16. The predicted molar refractivity (Wildman–Crippen MR) is 35.8 cm³/mol. The van der Waals surface area contributed by atoms with Crippen molar-refractivity contribution in [3.8, 4) is 0 Å². The predicted octanol–water partition coefficient (Wildman–Crippen LogP) is -1.36. The van der Waals surface area contributed by atoms with Crippen molar-refractivity contribution in [1.29, 1.82) is 0 Å². The zero-order valence-corrected chi connectivity index (χ0v) is 6.91. The lowest BCUT2D eigenvalue weighted by atomic mass is 10.1. The van der Waals surface area contributed by atoms with Crippen LogP contribution in [0.15, 0.2) is 0 Å². The average Bonchev–Trinajstić information content (AvgIpc) is 1.82. The van der Waals surface area contributed by atoms with Gasteiger partial charge in [0, 0.05) is 0 Å². The minimum absolute atomic E-state index is 0.834. The maximum absolute atomic E-state index is 10.1. The van der Waals surface area contributed by atoms with Crippen LogP contribution < -0.4 is 0 Å². The van der Waals surface area contributed by atoms with Crippen LogP contribution in [-0.2, 0) is 19.4 Å². The van der Waals surface area contributed by atoms with Gasteiger partial charge in [0.15, 0.2) is 5.60 Å². The molecule has 72 valence electrons. The summed E-state index contributed by atoms with van der Waals surface area (Å²) in [6, 6.07) is 0. The van der Waals surface area contributed by atoms with E-state index in [1.807, 2.05) is 0 Å². The molecule has 0 heterocycles. The molecule has 1 atom stereocenters. The van der Waals surface area contributed by atoms with E-state index in [1.54, 1.807) is 0 Å². The summed E-state index contributed by atoms with van der Waals surface area (Å²) in [5.41, 5.74) is -2.34. The summed E-state index contributed by atoms with van der Waals surface area (Å²) in [6.45, 7) is -0.207. The van der Waals surface area contributed by atoms with E-state index in [-0.39, 0.29) is 0 Å². The molecule has 0 rings (SSSR count). The van der Waals surface area contributed by atoms with Crippen molar-refractivity contribution in [2.75, 3.05) is 6.61 Å². The quantitative estimate of drug-likeness (QED) is 0.479. The van der Waals surface area contributed by atoms with Gasteiger partial charge in [0.05, 0.1) is 0 Å². The third kappa shape index (κ3) is 4.23. The Morgan fingerprint density at radius 1 is 1.58 bits per heavy atom. The van der Waals surface area contributed by atoms with E-state index in [2.05, 4.69) is 4.18 Å². The lowest BCUT2D eigenvalue weighted by molar-refractivity contribution is -0.159. The van der Waals surface area contributed by atoms with Gasteiger partial charge in [-0.25, -0.2) is 8.98 Å². The molecule has 0 aromatic heterocycles. The van der Waals surface area contributed by atoms with Crippen LogP contribution in [-0.4, -0.2) is 41.4 Å². The number of aliphatic hydroxyl groups is 1. The van der Waals surface area contributed by atoms with Crippen LogP contribution in [0.5, 0.6) is 0 Å². The number of carbonyl (C=O) groups is 1. The molecule has 0 radical (unpaired) electrons. The van der Waals surface area contributed by atoms with E-state index >= 15 is 0 Å². The Morgan fingerprint density at radius 2 is 2.00 bits per heavy atom. The number of carboxylic acids is 1. The average molecular weight is 200 g/mol. The van der Waals surface area contributed by atoms with Crippen molar-refractivity contribution in [3.63, 3.8) is 0 Å². The number of rotatable bonds is 4. The van der Waals surface area contributed by atoms with E-state index in [1.165, 1.54) is 0 Å². The molecule has 1 unspecified atom stereocenters. The van der Waals surface area contributed by atoms with Crippen LogP contribution in [0, 0.1) is 0 Å². The van der Waals surface area contributed by atoms with E-state index in [9.17, 15) is 13.2 Å². The van der Waals surface area contributed by atoms with E-state index in [4.69, 9.17) is 14.8 Å². The van der Waals surface area contributed by atoms with Crippen molar-refractivity contribution in [1.82, 2.24) is 0 Å². The molecule has 0 aliphatic carbocycles. The third-order valence-electron chi connectivity index (χ3n) is 0.950. The van der Waals surface area contributed by atoms with Gasteiger partial charge in [-0.15, -0.1) is 0 Å². The molecule has 8 heteroatoms. The Labute approximate surface area is 68.5 Å². The lowest BCUT2D eigenvalue weighted by Gasteiger charge is -2.15. The van der Waals surface area contributed by atoms with Crippen LogP contribution in [0.4, 0.5) is 0 Å². The zero-order valence-electron chi connectivity index (χ0n) is 6.09. The van der Waals surface area contributed by atoms with Gasteiger partial charge in [-0.05, 0) is 6.92 Å². The lowest BCUT2D eigenvalue weighted by Crippen LogP contribution is -2.40. The number of carboxylic acid groups (broad SMARTS) is 1. The van der Waals surface area contributed by atoms with Gasteiger partial charge in [0.2, 0.25) is 0 Å². The second-order valence-electron chi connectivity index (χ2n) is 2.27. The maximum Gasteiger partial charge on any atom is 0.397 e. The number of aliphatic carboxylic acids is 1. The first-order valence-corrected chi connectivity index (χ1v) is 4.09. The fraction of sp³-hybridized carbons (Fsp3) is 0.750. The number of hydrogen-bond acceptors (Lipinski definition) is 5. The molecule has 0 aromatic rings. The fourth-order valence-corrected chi connectivity index (χ4v) is 0.629. The molecule has 0 saturated carbocycles. The summed E-state index contributed by atoms with van der Waals surface area (Å²) < 4.78 is 31.5. The first kappa shape index (κ1) is 11.3. The SMILES string of the molecule is CC(O)(COS(=O)(=O)O)C(=O)O. The van der Waals surface area contributed by atoms with E-state index in [0.29, 0.717) is 0 Å². The largest absolute Gasteiger partial charge is 0.479 e. The normalized spacial score (nSPS) is 16.9. The highest BCUT2D eigenvalue weighted by Crippen LogP contribution is 2.05. The molecule has 0 fully saturated rings. The van der Waals surface area contributed by atoms with Crippen LogP contribution in [0.3, 0.4) is 0 Å². The molecule has 0 aliphatic rings. The highest BCUT2D eigenvalue weighted by atomic mass is 32.3. The monoisotopic (exact) mass is 200 g/mol. The second kappa shape index (κ2) is 3.35. The van der Waals surface area contributed by atoms with Crippen LogP contribution in [0.1, 0.15) is 6.92 Å². The first-order chi connectivity index (χ1) is 5.15. The summed E-state index contributed by atoms with van der Waals surface area (Å²) in [7, 11) is -4.71. The zero-order chi connectivity index (χ0) is 9.99. The Bertz CT molecular complexity index is 263. The number of hydrogen-bond donors (Lipinski definition) is 3. The van der Waals surface area contributed by atoms with Crippen LogP contribution in [0.25, 0.3) is 0 Å². The van der Waals surface area contributed by atoms with Crippen molar-refractivity contribution in [3.05, 3.63) is 0 Å². The summed E-state index contributed by atoms with van der Waals surface area (Å²) in [4.78, 5) is 10.1. The van der Waals surface area contributed by atoms with Crippen molar-refractivity contribution in [2.45, 2.75) is 12.5 Å². The summed E-state index contributed by atoms with van der Waals surface area (Å²) in [5.74, 6) is -1.65. The maximum atomic E-state index is 10.1. The van der Waals surface area contributed by atoms with E-state index < -0.39 is 28.6 Å². The fourth-order valence-electron chi connectivity index (χ4n) is 0.251. The van der Waals surface area contributed by atoms with Gasteiger partial charge >= 0.3 is 16.4 Å². The molecule has 0 saturated heterocycles. The molecular formula is C4H8O7S. The highest BCUT2D eigenvalue weighted by Gasteiger charge is 2.32. The van der Waals surface area contributed by atoms with Crippen LogP contribution in [0.2, 0.25) is 0 Å². The van der Waals surface area contributed by atoms with Crippen molar-refractivity contribution in [2.24, 2.45) is 0 Å². The van der Waals surface area contributed by atoms with Gasteiger partial charge in [0.25, 0.3) is 0 Å². The summed E-state index contributed by atoms with van der Waals surface area (Å²) in [5, 5.41) is 17.1. The van der Waals surface area contributed by atoms with Gasteiger partial charge in [-0.2, -0.15) is 8.42 Å². The van der Waals surface area contributed by atoms with Gasteiger partial charge in [-0.3, -0.25) is 4.55 Å².